The molecule has 4 heterocycles. The van der Waals surface area contributed by atoms with Crippen LogP contribution in [-0.4, -0.2) is 70.8 Å². The summed E-state index contributed by atoms with van der Waals surface area (Å²) in [7, 11) is 0. The number of pyridine rings is 1. The van der Waals surface area contributed by atoms with Gasteiger partial charge in [-0.15, -0.1) is 0 Å². The van der Waals surface area contributed by atoms with Crippen molar-refractivity contribution < 1.29 is 9.53 Å². The first-order valence-corrected chi connectivity index (χ1v) is 12.5. The summed E-state index contributed by atoms with van der Waals surface area (Å²) in [5.74, 6) is 0.314. The molecule has 0 aliphatic carbocycles. The van der Waals surface area contributed by atoms with Crippen molar-refractivity contribution in [1.82, 2.24) is 19.9 Å². The second kappa shape index (κ2) is 9.68. The number of rotatable bonds is 3. The molecule has 0 bridgehead atoms. The highest BCUT2D eigenvalue weighted by Gasteiger charge is 2.29. The molecule has 5 rings (SSSR count). The van der Waals surface area contributed by atoms with E-state index in [9.17, 15) is 4.79 Å². The van der Waals surface area contributed by atoms with Gasteiger partial charge < -0.3 is 19.4 Å². The van der Waals surface area contributed by atoms with Crippen molar-refractivity contribution in [2.75, 3.05) is 49.1 Å². The van der Waals surface area contributed by atoms with Crippen molar-refractivity contribution >= 4 is 28.4 Å². The predicted molar refractivity (Wildman–Crippen MR) is 138 cm³/mol. The Morgan fingerprint density at radius 1 is 0.886 bits per heavy atom. The molecule has 2 aromatic heterocycles. The first-order valence-electron chi connectivity index (χ1n) is 12.5. The highest BCUT2D eigenvalue weighted by molar-refractivity contribution is 5.84. The third kappa shape index (κ3) is 5.31. The van der Waals surface area contributed by atoms with Crippen molar-refractivity contribution in [3.63, 3.8) is 0 Å². The van der Waals surface area contributed by atoms with Gasteiger partial charge in [-0.25, -0.2) is 14.8 Å². The molecule has 2 fully saturated rings. The van der Waals surface area contributed by atoms with Gasteiger partial charge in [0, 0.05) is 74.3 Å². The van der Waals surface area contributed by atoms with Gasteiger partial charge in [0.15, 0.2) is 0 Å². The molecule has 184 valence electrons. The fourth-order valence-electron chi connectivity index (χ4n) is 5.03. The maximum atomic E-state index is 12.4. The Balaban J connectivity index is 1.25. The van der Waals surface area contributed by atoms with E-state index in [1.54, 1.807) is 6.33 Å². The normalized spacial score (nSPS) is 17.6. The van der Waals surface area contributed by atoms with Gasteiger partial charge in [-0.2, -0.15) is 0 Å². The summed E-state index contributed by atoms with van der Waals surface area (Å²) in [5, 5.41) is 1.11. The molecule has 2 aliphatic rings. The molecule has 0 radical (unpaired) electrons. The lowest BCUT2D eigenvalue weighted by atomic mass is 9.91. The van der Waals surface area contributed by atoms with Gasteiger partial charge in [0.25, 0.3) is 0 Å². The summed E-state index contributed by atoms with van der Waals surface area (Å²) in [6.07, 6.45) is 6.92. The highest BCUT2D eigenvalue weighted by atomic mass is 16.6. The molecule has 3 aromatic rings. The van der Waals surface area contributed by atoms with Crippen LogP contribution in [0.2, 0.25) is 0 Å². The quantitative estimate of drug-likeness (QED) is 0.555. The number of nitrogens with zero attached hydrogens (tertiary/aromatic N) is 6. The van der Waals surface area contributed by atoms with E-state index in [1.807, 2.05) is 38.1 Å². The molecule has 35 heavy (non-hydrogen) atoms. The monoisotopic (exact) mass is 474 g/mol. The second-order valence-corrected chi connectivity index (χ2v) is 10.4. The van der Waals surface area contributed by atoms with Gasteiger partial charge >= 0.3 is 6.09 Å². The summed E-state index contributed by atoms with van der Waals surface area (Å²) < 4.78 is 5.54. The number of anilines is 2. The van der Waals surface area contributed by atoms with Crippen LogP contribution in [0.15, 0.2) is 49.1 Å². The van der Waals surface area contributed by atoms with Crippen LogP contribution < -0.4 is 9.80 Å². The molecule has 0 saturated carbocycles. The van der Waals surface area contributed by atoms with Crippen LogP contribution in [-0.2, 0) is 4.74 Å². The zero-order valence-corrected chi connectivity index (χ0v) is 20.9. The van der Waals surface area contributed by atoms with E-state index < -0.39 is 5.60 Å². The van der Waals surface area contributed by atoms with Gasteiger partial charge in [-0.05, 0) is 63.9 Å². The number of benzene rings is 1. The summed E-state index contributed by atoms with van der Waals surface area (Å²) in [5.41, 5.74) is 4.04. The van der Waals surface area contributed by atoms with E-state index in [1.165, 1.54) is 11.4 Å². The standard InChI is InChI=1S/C27H34N6O2/c1-27(2,3)35-26(34)33-12-8-20(9-13-33)25-23-5-4-22(18-24(23)29-19-30-25)32-16-14-31(15-17-32)21-6-10-28-11-7-21/h4-7,10-11,18-20H,8-9,12-17H2,1-3H3. The van der Waals surface area contributed by atoms with Gasteiger partial charge in [-0.3, -0.25) is 4.98 Å². The number of hydrogen-bond acceptors (Lipinski definition) is 7. The molecule has 1 aromatic carbocycles. The van der Waals surface area contributed by atoms with Crippen molar-refractivity contribution in [3.8, 4) is 0 Å². The summed E-state index contributed by atoms with van der Waals surface area (Å²) in [4.78, 5) is 32.5. The predicted octanol–water partition coefficient (Wildman–Crippen LogP) is 4.47. The molecule has 8 heteroatoms. The van der Waals surface area contributed by atoms with Crippen LogP contribution in [0, 0.1) is 0 Å². The SMILES string of the molecule is CC(C)(C)OC(=O)N1CCC(c2ncnc3cc(N4CCN(c5ccncc5)CC4)ccc23)CC1. The Morgan fingerprint density at radius 3 is 2.20 bits per heavy atom. The number of carbonyl (C=O) groups is 1. The highest BCUT2D eigenvalue weighted by Crippen LogP contribution is 2.33. The van der Waals surface area contributed by atoms with Gasteiger partial charge in [0.2, 0.25) is 0 Å². The molecule has 0 atom stereocenters. The van der Waals surface area contributed by atoms with Crippen molar-refractivity contribution in [1.29, 1.82) is 0 Å². The van der Waals surface area contributed by atoms with Crippen molar-refractivity contribution in [2.45, 2.75) is 45.1 Å². The number of piperazine rings is 1. The van der Waals surface area contributed by atoms with Crippen LogP contribution in [0.3, 0.4) is 0 Å². The lowest BCUT2D eigenvalue weighted by molar-refractivity contribution is 0.0204. The number of amides is 1. The lowest BCUT2D eigenvalue weighted by Crippen LogP contribution is -2.46. The first-order chi connectivity index (χ1) is 16.9. The number of fused-ring (bicyclic) bond motifs is 1. The Bertz CT molecular complexity index is 1160. The van der Waals surface area contributed by atoms with E-state index in [0.717, 1.165) is 55.6 Å². The summed E-state index contributed by atoms with van der Waals surface area (Å²) in [6.45, 7) is 11.0. The van der Waals surface area contributed by atoms with Gasteiger partial charge in [0.1, 0.15) is 11.9 Å². The maximum Gasteiger partial charge on any atom is 0.410 e. The number of carbonyl (C=O) groups excluding carboxylic acids is 1. The number of aromatic nitrogens is 3. The topological polar surface area (TPSA) is 74.7 Å². The molecule has 1 amide bonds. The molecule has 2 saturated heterocycles. The zero-order valence-electron chi connectivity index (χ0n) is 20.9. The molecule has 0 unspecified atom stereocenters. The Labute approximate surface area is 206 Å². The van der Waals surface area contributed by atoms with Gasteiger partial charge in [0.05, 0.1) is 11.2 Å². The average Bonchev–Trinajstić information content (AvgIpc) is 2.88. The summed E-state index contributed by atoms with van der Waals surface area (Å²) >= 11 is 0. The minimum Gasteiger partial charge on any atom is -0.444 e. The van der Waals surface area contributed by atoms with E-state index in [2.05, 4.69) is 55.1 Å². The number of piperidine rings is 1. The van der Waals surface area contributed by atoms with E-state index >= 15 is 0 Å². The third-order valence-corrected chi connectivity index (χ3v) is 6.86. The molecular weight excluding hydrogens is 440 g/mol. The molecule has 2 aliphatic heterocycles. The second-order valence-electron chi connectivity index (χ2n) is 10.4. The smallest absolute Gasteiger partial charge is 0.410 e. The molecule has 0 N–H and O–H groups in total. The fourth-order valence-corrected chi connectivity index (χ4v) is 5.03. The summed E-state index contributed by atoms with van der Waals surface area (Å²) in [6, 6.07) is 10.7. The Morgan fingerprint density at radius 2 is 1.54 bits per heavy atom. The van der Waals surface area contributed by atoms with E-state index in [4.69, 9.17) is 4.74 Å². The average molecular weight is 475 g/mol. The van der Waals surface area contributed by atoms with Crippen LogP contribution in [0.25, 0.3) is 10.9 Å². The number of likely N-dealkylation sites (tertiary alicyclic amines) is 1. The molecular formula is C27H34N6O2. The minimum atomic E-state index is -0.472. The maximum absolute atomic E-state index is 12.4. The zero-order chi connectivity index (χ0) is 24.4. The Hall–Kier alpha value is -3.42. The molecule has 8 nitrogen and oxygen atoms in total. The number of hydrogen-bond donors (Lipinski definition) is 0. The van der Waals surface area contributed by atoms with Gasteiger partial charge in [-0.1, -0.05) is 0 Å². The fraction of sp³-hybridized carbons (Fsp3) is 0.481. The van der Waals surface area contributed by atoms with Crippen LogP contribution in [0.4, 0.5) is 16.2 Å². The van der Waals surface area contributed by atoms with E-state index in [0.29, 0.717) is 19.0 Å². The lowest BCUT2D eigenvalue weighted by Gasteiger charge is -2.37. The largest absolute Gasteiger partial charge is 0.444 e. The first kappa shape index (κ1) is 23.3. The van der Waals surface area contributed by atoms with Crippen molar-refractivity contribution in [3.05, 3.63) is 54.7 Å². The van der Waals surface area contributed by atoms with Crippen LogP contribution in [0.5, 0.6) is 0 Å². The van der Waals surface area contributed by atoms with Crippen molar-refractivity contribution in [2.24, 2.45) is 0 Å². The van der Waals surface area contributed by atoms with E-state index in [-0.39, 0.29) is 6.09 Å². The number of ether oxygens (including phenoxy) is 1. The van der Waals surface area contributed by atoms with Crippen LogP contribution >= 0.6 is 0 Å². The minimum absolute atomic E-state index is 0.225. The third-order valence-electron chi connectivity index (χ3n) is 6.86. The van der Waals surface area contributed by atoms with Crippen LogP contribution in [0.1, 0.15) is 45.2 Å². The Kier molecular flexibility index (Phi) is 6.45. The molecule has 0 spiro atoms.